The third-order valence-electron chi connectivity index (χ3n) is 16.9. The number of esters is 3. The molecule has 6 heteroatoms. The van der Waals surface area contributed by atoms with Crippen molar-refractivity contribution in [2.24, 2.45) is 0 Å². The summed E-state index contributed by atoms with van der Waals surface area (Å²) in [6, 6.07) is 0. The van der Waals surface area contributed by atoms with Gasteiger partial charge in [-0.2, -0.15) is 0 Å². The maximum absolute atomic E-state index is 12.9. The van der Waals surface area contributed by atoms with Gasteiger partial charge in [-0.3, -0.25) is 14.4 Å². The van der Waals surface area contributed by atoms with E-state index in [1.807, 2.05) is 0 Å². The lowest BCUT2D eigenvalue weighted by Gasteiger charge is -2.18. The van der Waals surface area contributed by atoms with E-state index >= 15 is 0 Å². The number of carbonyl (C=O) groups is 3. The fourth-order valence-electron chi connectivity index (χ4n) is 11.4. The molecule has 0 aliphatic heterocycles. The van der Waals surface area contributed by atoms with E-state index < -0.39 is 6.10 Å². The molecule has 0 radical (unpaired) electrons. The summed E-state index contributed by atoms with van der Waals surface area (Å²) in [7, 11) is 0. The summed E-state index contributed by atoms with van der Waals surface area (Å²) < 4.78 is 17.0. The predicted molar refractivity (Wildman–Crippen MR) is 353 cm³/mol. The molecule has 0 fully saturated rings. The quantitative estimate of drug-likeness (QED) is 0.0261. The van der Waals surface area contributed by atoms with Crippen LogP contribution in [-0.2, 0) is 28.6 Å². The molecular weight excluding hydrogens is 997 g/mol. The second-order valence-electron chi connectivity index (χ2n) is 25.2. The highest BCUT2D eigenvalue weighted by Crippen LogP contribution is 2.19. The van der Waals surface area contributed by atoms with Gasteiger partial charge in [0.2, 0.25) is 0 Å². The summed E-state index contributed by atoms with van der Waals surface area (Å²) in [6.45, 7) is 6.70. The molecule has 0 saturated heterocycles. The zero-order valence-corrected chi connectivity index (χ0v) is 55.1. The van der Waals surface area contributed by atoms with Crippen LogP contribution in [0.2, 0.25) is 0 Å². The van der Waals surface area contributed by atoms with E-state index in [1.165, 1.54) is 321 Å². The smallest absolute Gasteiger partial charge is 0.306 e. The highest BCUT2D eigenvalue weighted by atomic mass is 16.6. The minimum atomic E-state index is -0.767. The molecule has 6 nitrogen and oxygen atoms in total. The normalized spacial score (nSPS) is 12.1. The third kappa shape index (κ3) is 68.6. The molecular formula is C75H142O6. The highest BCUT2D eigenvalue weighted by molar-refractivity contribution is 5.71. The first-order chi connectivity index (χ1) is 40.0. The zero-order chi connectivity index (χ0) is 58.5. The molecule has 0 aromatic carbocycles. The Balaban J connectivity index is 4.07. The van der Waals surface area contributed by atoms with Gasteiger partial charge in [0, 0.05) is 19.3 Å². The van der Waals surface area contributed by atoms with Gasteiger partial charge in [0.1, 0.15) is 13.2 Å². The molecule has 0 N–H and O–H groups in total. The Morgan fingerprint density at radius 2 is 0.407 bits per heavy atom. The van der Waals surface area contributed by atoms with E-state index in [2.05, 4.69) is 45.1 Å². The van der Waals surface area contributed by atoms with Crippen molar-refractivity contribution in [1.82, 2.24) is 0 Å². The number of unbranched alkanes of at least 4 members (excludes halogenated alkanes) is 54. The lowest BCUT2D eigenvalue weighted by Crippen LogP contribution is -2.30. The number of hydrogen-bond acceptors (Lipinski definition) is 6. The molecule has 0 aliphatic rings. The Morgan fingerprint density at radius 1 is 0.235 bits per heavy atom. The van der Waals surface area contributed by atoms with Crippen molar-refractivity contribution in [2.45, 2.75) is 425 Å². The Bertz CT molecular complexity index is 1310. The average Bonchev–Trinajstić information content (AvgIpc) is 3.47. The molecule has 0 amide bonds. The van der Waals surface area contributed by atoms with Crippen molar-refractivity contribution in [3.8, 4) is 0 Å². The summed E-state index contributed by atoms with van der Waals surface area (Å²) in [5.41, 5.74) is 0. The molecule has 1 unspecified atom stereocenters. The molecule has 81 heavy (non-hydrogen) atoms. The van der Waals surface area contributed by atoms with Crippen LogP contribution in [0, 0.1) is 0 Å². The summed E-state index contributed by atoms with van der Waals surface area (Å²) in [5, 5.41) is 0. The SMILES string of the molecule is CCCCCCCCCC/C=C\CCCCCCCCCCCCCCCCCCCC(=O)OCC(COC(=O)CCCCCCCCCCC)OC(=O)CCCCCCCCCCCCCCC/C=C\CCCCCCCCCC. The van der Waals surface area contributed by atoms with Gasteiger partial charge >= 0.3 is 17.9 Å². The van der Waals surface area contributed by atoms with Crippen LogP contribution in [0.15, 0.2) is 24.3 Å². The molecule has 0 heterocycles. The van der Waals surface area contributed by atoms with Crippen molar-refractivity contribution >= 4 is 17.9 Å². The lowest BCUT2D eigenvalue weighted by atomic mass is 10.0. The van der Waals surface area contributed by atoms with E-state index in [0.29, 0.717) is 19.3 Å². The van der Waals surface area contributed by atoms with Crippen LogP contribution < -0.4 is 0 Å². The van der Waals surface area contributed by atoms with Gasteiger partial charge in [-0.15, -0.1) is 0 Å². The van der Waals surface area contributed by atoms with Crippen LogP contribution in [0.4, 0.5) is 0 Å². The molecule has 0 saturated carbocycles. The van der Waals surface area contributed by atoms with Gasteiger partial charge in [0.05, 0.1) is 0 Å². The van der Waals surface area contributed by atoms with E-state index in [9.17, 15) is 14.4 Å². The fourth-order valence-corrected chi connectivity index (χ4v) is 11.4. The number of allylic oxidation sites excluding steroid dienone is 4. The highest BCUT2D eigenvalue weighted by Gasteiger charge is 2.20. The average molecular weight is 1140 g/mol. The predicted octanol–water partition coefficient (Wildman–Crippen LogP) is 25.3. The first-order valence-corrected chi connectivity index (χ1v) is 36.8. The van der Waals surface area contributed by atoms with E-state index in [4.69, 9.17) is 14.2 Å². The Hall–Kier alpha value is -2.11. The van der Waals surface area contributed by atoms with E-state index in [-0.39, 0.29) is 31.1 Å². The van der Waals surface area contributed by atoms with Crippen molar-refractivity contribution in [3.63, 3.8) is 0 Å². The van der Waals surface area contributed by atoms with Crippen LogP contribution in [0.25, 0.3) is 0 Å². The second-order valence-corrected chi connectivity index (χ2v) is 25.2. The lowest BCUT2D eigenvalue weighted by molar-refractivity contribution is -0.167. The van der Waals surface area contributed by atoms with Crippen LogP contribution in [0.5, 0.6) is 0 Å². The summed E-state index contributed by atoms with van der Waals surface area (Å²) in [6.07, 6.45) is 86.7. The molecule has 0 bridgehead atoms. The zero-order valence-electron chi connectivity index (χ0n) is 55.1. The second kappa shape index (κ2) is 70.4. The Labute approximate surface area is 506 Å². The molecule has 0 aliphatic carbocycles. The molecule has 0 aromatic heterocycles. The number of hydrogen-bond donors (Lipinski definition) is 0. The van der Waals surface area contributed by atoms with Crippen LogP contribution in [-0.4, -0.2) is 37.2 Å². The third-order valence-corrected chi connectivity index (χ3v) is 16.9. The maximum Gasteiger partial charge on any atom is 0.306 e. The van der Waals surface area contributed by atoms with Crippen molar-refractivity contribution in [2.75, 3.05) is 13.2 Å². The number of ether oxygens (including phenoxy) is 3. The topological polar surface area (TPSA) is 78.9 Å². The Kier molecular flexibility index (Phi) is 68.5. The van der Waals surface area contributed by atoms with E-state index in [1.54, 1.807) is 0 Å². The summed E-state index contributed by atoms with van der Waals surface area (Å²) in [4.78, 5) is 38.3. The van der Waals surface area contributed by atoms with Crippen LogP contribution >= 0.6 is 0 Å². The summed E-state index contributed by atoms with van der Waals surface area (Å²) in [5.74, 6) is -0.836. The minimum absolute atomic E-state index is 0.0648. The maximum atomic E-state index is 12.9. The first-order valence-electron chi connectivity index (χ1n) is 36.8. The van der Waals surface area contributed by atoms with Crippen molar-refractivity contribution < 1.29 is 28.6 Å². The standard InChI is InChI=1S/C75H142O6/c1-4-7-10-13-16-19-21-23-25-27-29-31-33-35-36-37-38-40-41-43-45-47-49-51-53-56-59-62-65-68-74(77)80-71-72(70-79-73(76)67-64-61-58-55-18-15-12-9-6-3)81-75(78)69-66-63-60-57-54-52-50-48-46-44-42-39-34-32-30-28-26-24-22-20-17-14-11-8-5-2/h27-30,72H,4-26,31-71H2,1-3H3/b29-27-,30-28-. The van der Waals surface area contributed by atoms with Crippen molar-refractivity contribution in [3.05, 3.63) is 24.3 Å². The monoisotopic (exact) mass is 1140 g/mol. The van der Waals surface area contributed by atoms with Gasteiger partial charge in [-0.05, 0) is 70.6 Å². The molecule has 0 aromatic rings. The van der Waals surface area contributed by atoms with Crippen LogP contribution in [0.3, 0.4) is 0 Å². The number of rotatable bonds is 69. The molecule has 0 spiro atoms. The van der Waals surface area contributed by atoms with E-state index in [0.717, 1.165) is 57.8 Å². The molecule has 0 rings (SSSR count). The van der Waals surface area contributed by atoms with Gasteiger partial charge in [-0.25, -0.2) is 0 Å². The van der Waals surface area contributed by atoms with Gasteiger partial charge < -0.3 is 14.2 Å². The fraction of sp³-hybridized carbons (Fsp3) is 0.907. The summed E-state index contributed by atoms with van der Waals surface area (Å²) >= 11 is 0. The van der Waals surface area contributed by atoms with Crippen molar-refractivity contribution in [1.29, 1.82) is 0 Å². The largest absolute Gasteiger partial charge is 0.462 e. The Morgan fingerprint density at radius 3 is 0.617 bits per heavy atom. The molecule has 478 valence electrons. The van der Waals surface area contributed by atoms with Gasteiger partial charge in [0.25, 0.3) is 0 Å². The number of carbonyl (C=O) groups excluding carboxylic acids is 3. The van der Waals surface area contributed by atoms with Gasteiger partial charge in [-0.1, -0.05) is 353 Å². The van der Waals surface area contributed by atoms with Gasteiger partial charge in [0.15, 0.2) is 6.10 Å². The first kappa shape index (κ1) is 78.9. The molecule has 1 atom stereocenters. The minimum Gasteiger partial charge on any atom is -0.462 e. The van der Waals surface area contributed by atoms with Crippen LogP contribution in [0.1, 0.15) is 419 Å².